The van der Waals surface area contributed by atoms with E-state index in [0.29, 0.717) is 5.56 Å². The molecule has 0 atom stereocenters. The zero-order valence-electron chi connectivity index (χ0n) is 8.81. The van der Waals surface area contributed by atoms with Crippen LogP contribution in [-0.2, 0) is 10.0 Å². The minimum Gasteiger partial charge on any atom is -0.860 e. The van der Waals surface area contributed by atoms with Gasteiger partial charge in [0.15, 0.2) is 0 Å². The van der Waals surface area contributed by atoms with E-state index in [-0.39, 0.29) is 10.0 Å². The van der Waals surface area contributed by atoms with Gasteiger partial charge in [0.05, 0.1) is 11.3 Å². The van der Waals surface area contributed by atoms with Crippen LogP contribution >= 0.6 is 34.8 Å². The van der Waals surface area contributed by atoms with Crippen LogP contribution in [0.1, 0.15) is 5.56 Å². The summed E-state index contributed by atoms with van der Waals surface area (Å²) < 4.78 is 25.7. The average Bonchev–Trinajstić information content (AvgIpc) is 2.27. The van der Waals surface area contributed by atoms with E-state index in [1.165, 1.54) is 6.08 Å². The maximum Gasteiger partial charge on any atom is 0.274 e. The fourth-order valence-corrected chi connectivity index (χ4v) is 2.39. The molecule has 1 rings (SSSR count). The monoisotopic (exact) mass is 326 g/mol. The lowest BCUT2D eigenvalue weighted by Gasteiger charge is -2.04. The molecule has 0 spiro atoms. The Morgan fingerprint density at radius 1 is 1.33 bits per heavy atom. The van der Waals surface area contributed by atoms with Crippen molar-refractivity contribution in [3.05, 3.63) is 39.2 Å². The second-order valence-corrected chi connectivity index (χ2v) is 5.64. The maximum atomic E-state index is 11.4. The van der Waals surface area contributed by atoms with Crippen LogP contribution in [0.2, 0.25) is 10.0 Å². The van der Waals surface area contributed by atoms with Crippen molar-refractivity contribution in [2.75, 3.05) is 5.88 Å². The van der Waals surface area contributed by atoms with Crippen molar-refractivity contribution in [3.63, 3.8) is 0 Å². The lowest BCUT2D eigenvalue weighted by molar-refractivity contribution is -0.214. The molecule has 0 bridgehead atoms. The molecule has 4 nitrogen and oxygen atoms in total. The molecule has 0 aliphatic rings. The van der Waals surface area contributed by atoms with Crippen LogP contribution < -0.4 is 5.11 Å². The zero-order chi connectivity index (χ0) is 13.8. The first-order chi connectivity index (χ1) is 8.35. The van der Waals surface area contributed by atoms with Gasteiger partial charge in [0, 0.05) is 15.6 Å². The largest absolute Gasteiger partial charge is 0.860 e. The lowest BCUT2D eigenvalue weighted by atomic mass is 10.2. The Kier molecular flexibility index (Phi) is 5.47. The normalized spacial score (nSPS) is 13.2. The average molecular weight is 328 g/mol. The number of hydrogen-bond donors (Lipinski definition) is 0. The van der Waals surface area contributed by atoms with Gasteiger partial charge in [-0.25, -0.2) is 0 Å². The molecule has 1 aromatic carbocycles. The smallest absolute Gasteiger partial charge is 0.274 e. The third-order valence-electron chi connectivity index (χ3n) is 1.75. The summed E-state index contributed by atoms with van der Waals surface area (Å²) in [6.45, 7) is 0. The van der Waals surface area contributed by atoms with Crippen LogP contribution in [0.25, 0.3) is 6.08 Å². The Morgan fingerprint density at radius 3 is 2.39 bits per heavy atom. The Bertz CT molecular complexity index is 576. The topological polar surface area (TPSA) is 69.6 Å². The van der Waals surface area contributed by atoms with E-state index in [1.807, 2.05) is 0 Å². The highest BCUT2D eigenvalue weighted by molar-refractivity contribution is 7.93. The van der Waals surface area contributed by atoms with E-state index in [2.05, 4.69) is 4.40 Å². The van der Waals surface area contributed by atoms with Gasteiger partial charge in [0.2, 0.25) is 0 Å². The van der Waals surface area contributed by atoms with Crippen molar-refractivity contribution in [1.82, 2.24) is 0 Å². The first kappa shape index (κ1) is 15.3. The molecule has 0 amide bonds. The molecule has 18 heavy (non-hydrogen) atoms. The van der Waals surface area contributed by atoms with Gasteiger partial charge in [-0.1, -0.05) is 29.3 Å². The zero-order valence-corrected chi connectivity index (χ0v) is 11.9. The van der Waals surface area contributed by atoms with Gasteiger partial charge in [-0.05, 0) is 24.1 Å². The number of benzene rings is 1. The highest BCUT2D eigenvalue weighted by atomic mass is 35.5. The van der Waals surface area contributed by atoms with E-state index in [1.54, 1.807) is 18.2 Å². The molecule has 0 saturated heterocycles. The predicted molar refractivity (Wildman–Crippen MR) is 72.6 cm³/mol. The van der Waals surface area contributed by atoms with Crippen LogP contribution in [0.5, 0.6) is 0 Å². The minimum atomic E-state index is -4.03. The van der Waals surface area contributed by atoms with Crippen LogP contribution in [0.3, 0.4) is 0 Å². The summed E-state index contributed by atoms with van der Waals surface area (Å²) in [5, 5.41) is 12.1. The van der Waals surface area contributed by atoms with Crippen molar-refractivity contribution in [2.45, 2.75) is 0 Å². The molecule has 0 aliphatic carbocycles. The molecule has 0 fully saturated rings. The Labute approximate surface area is 120 Å². The number of sulfonamides is 1. The van der Waals surface area contributed by atoms with E-state index in [9.17, 15) is 13.5 Å². The Balaban J connectivity index is 3.08. The fraction of sp³-hybridized carbons (Fsp3) is 0.100. The SMILES string of the molecule is O=S(=O)(/C=C/c1c(Cl)cccc1Cl)/N=C(/[O-])CCl. The fourth-order valence-electron chi connectivity index (χ4n) is 1.02. The molecular weight excluding hydrogens is 321 g/mol. The van der Waals surface area contributed by atoms with E-state index in [4.69, 9.17) is 34.8 Å². The van der Waals surface area contributed by atoms with Crippen molar-refractivity contribution in [2.24, 2.45) is 4.40 Å². The first-order valence-corrected chi connectivity index (χ1v) is 7.34. The summed E-state index contributed by atoms with van der Waals surface area (Å²) >= 11 is 16.8. The van der Waals surface area contributed by atoms with Crippen LogP contribution in [0.4, 0.5) is 0 Å². The predicted octanol–water partition coefficient (Wildman–Crippen LogP) is 2.29. The van der Waals surface area contributed by atoms with Crippen molar-refractivity contribution >= 4 is 56.8 Å². The van der Waals surface area contributed by atoms with E-state index in [0.717, 1.165) is 5.41 Å². The van der Waals surface area contributed by atoms with Gasteiger partial charge in [-0.2, -0.15) is 12.8 Å². The minimum absolute atomic E-state index is 0.289. The molecule has 0 radical (unpaired) electrons. The van der Waals surface area contributed by atoms with Crippen LogP contribution in [0.15, 0.2) is 28.0 Å². The summed E-state index contributed by atoms with van der Waals surface area (Å²) in [5.74, 6) is -1.44. The molecule has 0 N–H and O–H groups in total. The lowest BCUT2D eigenvalue weighted by Crippen LogP contribution is -2.20. The first-order valence-electron chi connectivity index (χ1n) is 4.54. The van der Waals surface area contributed by atoms with Gasteiger partial charge in [0.1, 0.15) is 0 Å². The molecule has 0 aromatic heterocycles. The Morgan fingerprint density at radius 2 is 1.89 bits per heavy atom. The molecule has 8 heteroatoms. The van der Waals surface area contributed by atoms with Gasteiger partial charge in [-0.15, -0.1) is 11.6 Å². The number of halogens is 3. The molecular formula is C10H7Cl3NO3S-. The third-order valence-corrected chi connectivity index (χ3v) is 3.58. The second-order valence-electron chi connectivity index (χ2n) is 3.07. The second kappa shape index (κ2) is 6.43. The van der Waals surface area contributed by atoms with Crippen molar-refractivity contribution in [1.29, 1.82) is 0 Å². The van der Waals surface area contributed by atoms with Crippen LogP contribution in [-0.4, -0.2) is 20.2 Å². The molecule has 0 aliphatic heterocycles. The van der Waals surface area contributed by atoms with Gasteiger partial charge < -0.3 is 5.11 Å². The quantitative estimate of drug-likeness (QED) is 0.484. The highest BCUT2D eigenvalue weighted by Gasteiger charge is 2.05. The summed E-state index contributed by atoms with van der Waals surface area (Å²) in [7, 11) is -4.03. The van der Waals surface area contributed by atoms with Gasteiger partial charge in [0.25, 0.3) is 10.0 Å². The van der Waals surface area contributed by atoms with Gasteiger partial charge in [-0.3, -0.25) is 0 Å². The van der Waals surface area contributed by atoms with Crippen LogP contribution in [0, 0.1) is 0 Å². The highest BCUT2D eigenvalue weighted by Crippen LogP contribution is 2.25. The summed E-state index contributed by atoms with van der Waals surface area (Å²) in [5.41, 5.74) is 0.331. The Hall–Kier alpha value is -0.750. The van der Waals surface area contributed by atoms with Crippen molar-refractivity contribution in [3.8, 4) is 0 Å². The maximum absolute atomic E-state index is 11.4. The number of hydrogen-bond acceptors (Lipinski definition) is 3. The third kappa shape index (κ3) is 4.49. The molecule has 0 heterocycles. The van der Waals surface area contributed by atoms with Crippen molar-refractivity contribution < 1.29 is 13.5 Å². The number of alkyl halides is 1. The summed E-state index contributed by atoms with van der Waals surface area (Å²) in [6.07, 6.45) is 1.17. The number of nitrogens with zero attached hydrogens (tertiary/aromatic N) is 1. The molecule has 98 valence electrons. The molecule has 0 unspecified atom stereocenters. The standard InChI is InChI=1S/C10H8Cl3NO3S/c11-6-10(15)14-18(16,17)5-4-7-8(12)2-1-3-9(7)13/h1-5H,6H2,(H,14,15)/p-1/b5-4+. The van der Waals surface area contributed by atoms with Gasteiger partial charge >= 0.3 is 0 Å². The molecule has 1 aromatic rings. The molecule has 0 saturated carbocycles. The summed E-state index contributed by atoms with van der Waals surface area (Å²) in [6, 6.07) is 4.74. The van der Waals surface area contributed by atoms with E-state index < -0.39 is 21.8 Å². The van der Waals surface area contributed by atoms with E-state index >= 15 is 0 Å². The summed E-state index contributed by atoms with van der Waals surface area (Å²) in [4.78, 5) is 0. The number of rotatable bonds is 4.